The molecule has 14 heteroatoms. The van der Waals surface area contributed by atoms with Crippen LogP contribution in [0.2, 0.25) is 0 Å². The second-order valence-corrected chi connectivity index (χ2v) is 7.55. The number of H-pyrrole nitrogens is 1. The highest BCUT2D eigenvalue weighted by molar-refractivity contribution is 7.50. The first kappa shape index (κ1) is 18.3. The summed E-state index contributed by atoms with van der Waals surface area (Å²) in [6.07, 6.45) is -1.80. The van der Waals surface area contributed by atoms with E-state index in [2.05, 4.69) is 20.2 Å². The highest BCUT2D eigenvalue weighted by Gasteiger charge is 2.35. The molecule has 0 saturated heterocycles. The van der Waals surface area contributed by atoms with Crippen molar-refractivity contribution in [2.24, 2.45) is 0 Å². The SMILES string of the molecule is O=c1[nH]c2cc(C(F)(F)F)c(-n3ccnc3)cc2n2c(CP(=O)(O)O)nnc12. The van der Waals surface area contributed by atoms with E-state index in [1.165, 1.54) is 18.7 Å². The Morgan fingerprint density at radius 3 is 2.57 bits per heavy atom. The van der Waals surface area contributed by atoms with Crippen LogP contribution in [-0.2, 0) is 16.9 Å². The summed E-state index contributed by atoms with van der Waals surface area (Å²) in [6.45, 7) is 0. The average molecular weight is 414 g/mol. The molecule has 3 aromatic heterocycles. The molecule has 146 valence electrons. The number of nitrogens with one attached hydrogen (secondary N) is 1. The van der Waals surface area contributed by atoms with Gasteiger partial charge in [-0.25, -0.2) is 4.98 Å². The molecule has 28 heavy (non-hydrogen) atoms. The minimum atomic E-state index is -4.73. The number of imidazole rings is 1. The van der Waals surface area contributed by atoms with E-state index in [4.69, 9.17) is 0 Å². The molecule has 4 rings (SSSR count). The van der Waals surface area contributed by atoms with Gasteiger partial charge >= 0.3 is 13.8 Å². The molecule has 4 aromatic rings. The monoisotopic (exact) mass is 414 g/mol. The molecule has 0 atom stereocenters. The maximum absolute atomic E-state index is 13.6. The van der Waals surface area contributed by atoms with Gasteiger partial charge in [-0.05, 0) is 12.1 Å². The molecule has 0 bridgehead atoms. The molecule has 0 aliphatic heterocycles. The summed E-state index contributed by atoms with van der Waals surface area (Å²) in [6, 6.07) is 1.86. The number of alkyl halides is 3. The third-order valence-electron chi connectivity index (χ3n) is 3.97. The summed E-state index contributed by atoms with van der Waals surface area (Å²) in [5, 5.41) is 7.22. The van der Waals surface area contributed by atoms with E-state index < -0.39 is 31.1 Å². The molecule has 1 aromatic carbocycles. The molecule has 0 fully saturated rings. The zero-order chi connectivity index (χ0) is 20.3. The Hall–Kier alpha value is -3.02. The van der Waals surface area contributed by atoms with Crippen LogP contribution in [0.3, 0.4) is 0 Å². The van der Waals surface area contributed by atoms with Gasteiger partial charge in [-0.3, -0.25) is 13.8 Å². The van der Waals surface area contributed by atoms with Crippen LogP contribution in [0.1, 0.15) is 11.4 Å². The minimum Gasteiger partial charge on any atom is -0.324 e. The number of rotatable bonds is 3. The van der Waals surface area contributed by atoms with Gasteiger partial charge in [0.25, 0.3) is 5.56 Å². The van der Waals surface area contributed by atoms with Crippen LogP contribution in [0.5, 0.6) is 0 Å². The molecule has 0 amide bonds. The highest BCUT2D eigenvalue weighted by Crippen LogP contribution is 2.39. The van der Waals surface area contributed by atoms with Gasteiger partial charge in [-0.2, -0.15) is 13.2 Å². The van der Waals surface area contributed by atoms with Crippen LogP contribution in [-0.4, -0.2) is 38.9 Å². The van der Waals surface area contributed by atoms with E-state index in [1.807, 2.05) is 0 Å². The predicted octanol–water partition coefficient (Wildman–Crippen LogP) is 1.45. The van der Waals surface area contributed by atoms with Gasteiger partial charge in [0.1, 0.15) is 12.0 Å². The van der Waals surface area contributed by atoms with Crippen molar-refractivity contribution in [1.82, 2.24) is 29.1 Å². The molecule has 0 spiro atoms. The van der Waals surface area contributed by atoms with Crippen LogP contribution < -0.4 is 5.56 Å². The summed E-state index contributed by atoms with van der Waals surface area (Å²) in [5.41, 5.74) is -2.62. The van der Waals surface area contributed by atoms with Crippen molar-refractivity contribution >= 4 is 24.3 Å². The minimum absolute atomic E-state index is 0.0414. The number of nitrogens with zero attached hydrogens (tertiary/aromatic N) is 5. The van der Waals surface area contributed by atoms with Gasteiger partial charge in [-0.15, -0.1) is 10.2 Å². The van der Waals surface area contributed by atoms with Gasteiger partial charge in [-0.1, -0.05) is 0 Å². The Balaban J connectivity index is 2.13. The summed E-state index contributed by atoms with van der Waals surface area (Å²) in [7, 11) is -4.58. The number of aromatic nitrogens is 6. The Bertz CT molecular complexity index is 1300. The molecule has 3 heterocycles. The van der Waals surface area contributed by atoms with E-state index in [1.54, 1.807) is 0 Å². The predicted molar refractivity (Wildman–Crippen MR) is 89.0 cm³/mol. The maximum atomic E-state index is 13.6. The van der Waals surface area contributed by atoms with Crippen LogP contribution in [0, 0.1) is 0 Å². The lowest BCUT2D eigenvalue weighted by Crippen LogP contribution is -2.15. The number of fused-ring (bicyclic) bond motifs is 3. The number of hydrogen-bond acceptors (Lipinski definition) is 5. The van der Waals surface area contributed by atoms with E-state index >= 15 is 0 Å². The topological polar surface area (TPSA) is 138 Å². The van der Waals surface area contributed by atoms with E-state index in [0.29, 0.717) is 0 Å². The molecule has 0 unspecified atom stereocenters. The fourth-order valence-electron chi connectivity index (χ4n) is 2.89. The molecule has 3 N–H and O–H groups in total. The fourth-order valence-corrected chi connectivity index (χ4v) is 3.46. The summed E-state index contributed by atoms with van der Waals surface area (Å²) < 4.78 is 54.2. The average Bonchev–Trinajstić information content (AvgIpc) is 3.22. The third kappa shape index (κ3) is 3.09. The Kier molecular flexibility index (Phi) is 3.93. The summed E-state index contributed by atoms with van der Waals surface area (Å²) >= 11 is 0. The van der Waals surface area contributed by atoms with Gasteiger partial charge in [0.05, 0.1) is 28.6 Å². The van der Waals surface area contributed by atoms with Crippen molar-refractivity contribution in [3.63, 3.8) is 0 Å². The Morgan fingerprint density at radius 1 is 1.21 bits per heavy atom. The molecular weight excluding hydrogens is 404 g/mol. The molecule has 0 saturated carbocycles. The fraction of sp³-hybridized carbons (Fsp3) is 0.143. The summed E-state index contributed by atoms with van der Waals surface area (Å²) in [5.74, 6) is -0.254. The number of benzene rings is 1. The highest BCUT2D eigenvalue weighted by atomic mass is 31.2. The smallest absolute Gasteiger partial charge is 0.324 e. The van der Waals surface area contributed by atoms with Crippen molar-refractivity contribution in [1.29, 1.82) is 0 Å². The zero-order valence-electron chi connectivity index (χ0n) is 13.6. The zero-order valence-corrected chi connectivity index (χ0v) is 14.5. The number of hydrogen-bond donors (Lipinski definition) is 3. The van der Waals surface area contributed by atoms with Gasteiger partial charge in [0, 0.05) is 12.4 Å². The van der Waals surface area contributed by atoms with Gasteiger partial charge in [0.2, 0.25) is 5.65 Å². The lowest BCUT2D eigenvalue weighted by Gasteiger charge is -2.15. The molecule has 10 nitrogen and oxygen atoms in total. The normalized spacial score (nSPS) is 12.9. The van der Waals surface area contributed by atoms with Crippen LogP contribution in [0.25, 0.3) is 22.4 Å². The Labute approximate surface area is 152 Å². The van der Waals surface area contributed by atoms with Gasteiger partial charge in [0.15, 0.2) is 0 Å². The molecule has 0 aliphatic carbocycles. The second kappa shape index (κ2) is 5.99. The first-order valence-corrected chi connectivity index (χ1v) is 9.38. The quantitative estimate of drug-likeness (QED) is 0.432. The first-order valence-electron chi connectivity index (χ1n) is 7.59. The molecular formula is C14H10F3N6O4P. The van der Waals surface area contributed by atoms with Gasteiger partial charge < -0.3 is 19.3 Å². The largest absolute Gasteiger partial charge is 0.418 e. The van der Waals surface area contributed by atoms with Crippen molar-refractivity contribution < 1.29 is 27.5 Å². The molecule has 0 aliphatic rings. The maximum Gasteiger partial charge on any atom is 0.418 e. The third-order valence-corrected chi connectivity index (χ3v) is 4.67. The lowest BCUT2D eigenvalue weighted by atomic mass is 10.1. The number of halogens is 3. The van der Waals surface area contributed by atoms with E-state index in [0.717, 1.165) is 21.1 Å². The summed E-state index contributed by atoms with van der Waals surface area (Å²) in [4.78, 5) is 36.7. The van der Waals surface area contributed by atoms with Crippen molar-refractivity contribution in [2.75, 3.05) is 0 Å². The lowest BCUT2D eigenvalue weighted by molar-refractivity contribution is -0.137. The van der Waals surface area contributed by atoms with Crippen molar-refractivity contribution in [3.05, 3.63) is 52.6 Å². The van der Waals surface area contributed by atoms with Crippen molar-refractivity contribution in [3.8, 4) is 5.69 Å². The van der Waals surface area contributed by atoms with Crippen LogP contribution in [0.15, 0.2) is 35.6 Å². The number of aromatic amines is 1. The van der Waals surface area contributed by atoms with E-state index in [-0.39, 0.29) is 28.2 Å². The second-order valence-electron chi connectivity index (χ2n) is 5.91. The van der Waals surface area contributed by atoms with Crippen LogP contribution in [0.4, 0.5) is 13.2 Å². The standard InChI is InChI=1S/C14H10F3N6O4P/c15-14(16,17)7-3-8-10(4-9(7)22-2-1-18-6-22)23-11(5-28(25,26)27)20-21-12(23)13(24)19-8/h1-4,6H,5H2,(H,19,24)(H2,25,26,27). The molecule has 0 radical (unpaired) electrons. The first-order chi connectivity index (χ1) is 13.0. The van der Waals surface area contributed by atoms with Crippen LogP contribution >= 0.6 is 7.60 Å². The Morgan fingerprint density at radius 2 is 1.96 bits per heavy atom. The van der Waals surface area contributed by atoms with Crippen molar-refractivity contribution in [2.45, 2.75) is 12.3 Å². The van der Waals surface area contributed by atoms with E-state index in [9.17, 15) is 32.3 Å².